The first-order chi connectivity index (χ1) is 15.3. The van der Waals surface area contributed by atoms with Crippen LogP contribution in [-0.4, -0.2) is 32.2 Å². The van der Waals surface area contributed by atoms with Gasteiger partial charge in [-0.05, 0) is 30.7 Å². The van der Waals surface area contributed by atoms with Crippen molar-refractivity contribution in [3.05, 3.63) is 63.7 Å². The van der Waals surface area contributed by atoms with Gasteiger partial charge in [0.2, 0.25) is 11.8 Å². The van der Waals surface area contributed by atoms with E-state index in [-0.39, 0.29) is 27.7 Å². The van der Waals surface area contributed by atoms with Gasteiger partial charge in [-0.15, -0.1) is 10.2 Å². The number of aromatic amines is 1. The minimum absolute atomic E-state index is 0.0390. The summed E-state index contributed by atoms with van der Waals surface area (Å²) in [6.45, 7) is 3.17. The van der Waals surface area contributed by atoms with Crippen LogP contribution in [0.15, 0.2) is 52.4 Å². The van der Waals surface area contributed by atoms with Gasteiger partial charge >= 0.3 is 0 Å². The highest BCUT2D eigenvalue weighted by Gasteiger charge is 2.21. The largest absolute Gasteiger partial charge is 0.326 e. The highest BCUT2D eigenvalue weighted by atomic mass is 35.5. The Bertz CT molecular complexity index is 1220. The summed E-state index contributed by atoms with van der Waals surface area (Å²) in [4.78, 5) is 39.3. The van der Waals surface area contributed by atoms with Crippen LogP contribution in [0.4, 0.5) is 15.8 Å². The number of hydrogen-bond donors (Lipinski definition) is 3. The number of thioether (sulfide) groups is 1. The molecule has 8 nitrogen and oxygen atoms in total. The molecule has 1 aromatic heterocycles. The van der Waals surface area contributed by atoms with Crippen molar-refractivity contribution in [1.82, 2.24) is 15.2 Å². The summed E-state index contributed by atoms with van der Waals surface area (Å²) in [6, 6.07) is 10.6. The number of hydrogen-bond acceptors (Lipinski definition) is 6. The number of aromatic nitrogens is 3. The lowest BCUT2D eigenvalue weighted by atomic mass is 10.1. The van der Waals surface area contributed by atoms with Crippen molar-refractivity contribution in [1.29, 1.82) is 0 Å². The number of H-pyrrole nitrogens is 1. The van der Waals surface area contributed by atoms with E-state index < -0.39 is 16.6 Å². The number of benzene rings is 2. The first-order valence-electron chi connectivity index (χ1n) is 9.55. The maximum atomic E-state index is 13.3. The summed E-state index contributed by atoms with van der Waals surface area (Å²) in [5.74, 6) is -1.23. The number of nitrogens with one attached hydrogen (secondary N) is 3. The Labute approximate surface area is 192 Å². The quantitative estimate of drug-likeness (QED) is 0.443. The van der Waals surface area contributed by atoms with Crippen molar-refractivity contribution in [2.75, 3.05) is 10.6 Å². The number of amides is 2. The molecule has 0 aliphatic rings. The van der Waals surface area contributed by atoms with E-state index in [0.29, 0.717) is 23.4 Å². The van der Waals surface area contributed by atoms with Gasteiger partial charge in [-0.1, -0.05) is 48.5 Å². The van der Waals surface area contributed by atoms with Crippen LogP contribution in [0, 0.1) is 5.82 Å². The average Bonchev–Trinajstić information content (AvgIpc) is 2.75. The van der Waals surface area contributed by atoms with Crippen molar-refractivity contribution in [2.45, 2.75) is 30.7 Å². The van der Waals surface area contributed by atoms with E-state index >= 15 is 0 Å². The normalized spacial score (nSPS) is 11.6. The average molecular weight is 476 g/mol. The molecule has 3 rings (SSSR count). The molecule has 0 radical (unpaired) electrons. The van der Waals surface area contributed by atoms with Crippen LogP contribution >= 0.6 is 23.4 Å². The molecule has 0 fully saturated rings. The highest BCUT2D eigenvalue weighted by molar-refractivity contribution is 8.00. The van der Waals surface area contributed by atoms with Crippen LogP contribution in [0.3, 0.4) is 0 Å². The maximum Gasteiger partial charge on any atom is 0.278 e. The fraction of sp³-hybridized carbons (Fsp3) is 0.190. The Kier molecular flexibility index (Phi) is 7.60. The fourth-order valence-electron chi connectivity index (χ4n) is 2.79. The summed E-state index contributed by atoms with van der Waals surface area (Å²) < 4.78 is 13.3. The van der Waals surface area contributed by atoms with E-state index in [2.05, 4.69) is 25.8 Å². The zero-order chi connectivity index (χ0) is 23.3. The summed E-state index contributed by atoms with van der Waals surface area (Å²) in [7, 11) is 0. The van der Waals surface area contributed by atoms with Gasteiger partial charge in [-0.2, -0.15) is 0 Å². The van der Waals surface area contributed by atoms with E-state index in [9.17, 15) is 18.8 Å². The van der Waals surface area contributed by atoms with Gasteiger partial charge in [-0.3, -0.25) is 19.4 Å². The lowest BCUT2D eigenvalue weighted by Gasteiger charge is -2.14. The topological polar surface area (TPSA) is 117 Å². The third-order valence-corrected chi connectivity index (χ3v) is 5.80. The number of anilines is 2. The SMILES string of the molecule is CC[C@@H](Sc1nnc(-c2ccccc2NC(C)=O)c(=O)[nH]1)C(=O)Nc1ccc(F)c(Cl)c1. The molecular formula is C21H19ClFN5O3S. The van der Waals surface area contributed by atoms with Gasteiger partial charge in [0.05, 0.1) is 16.0 Å². The van der Waals surface area contributed by atoms with Crippen LogP contribution in [0.1, 0.15) is 20.3 Å². The third-order valence-electron chi connectivity index (χ3n) is 4.27. The standard InChI is InChI=1S/C21H19ClFN5O3S/c1-3-17(19(30)25-12-8-9-15(23)14(22)10-12)32-21-26-20(31)18(27-28-21)13-6-4-5-7-16(13)24-11(2)29/h4-10,17H,3H2,1-2H3,(H,24,29)(H,25,30)(H,26,28,31)/t17-/m1/s1. The highest BCUT2D eigenvalue weighted by Crippen LogP contribution is 2.26. The van der Waals surface area contributed by atoms with Gasteiger partial charge < -0.3 is 10.6 Å². The Balaban J connectivity index is 1.78. The maximum absolute atomic E-state index is 13.3. The van der Waals surface area contributed by atoms with E-state index in [4.69, 9.17) is 11.6 Å². The third kappa shape index (κ3) is 5.71. The van der Waals surface area contributed by atoms with Gasteiger partial charge in [0.25, 0.3) is 5.56 Å². The Morgan fingerprint density at radius 2 is 1.94 bits per heavy atom. The van der Waals surface area contributed by atoms with Crippen molar-refractivity contribution in [3.63, 3.8) is 0 Å². The summed E-state index contributed by atoms with van der Waals surface area (Å²) >= 11 is 6.79. The second kappa shape index (κ2) is 10.4. The van der Waals surface area contributed by atoms with Crippen molar-refractivity contribution < 1.29 is 14.0 Å². The molecule has 2 amide bonds. The molecule has 32 heavy (non-hydrogen) atoms. The van der Waals surface area contributed by atoms with Crippen LogP contribution < -0.4 is 16.2 Å². The lowest BCUT2D eigenvalue weighted by Crippen LogP contribution is -2.25. The number of carbonyl (C=O) groups excluding carboxylic acids is 2. The monoisotopic (exact) mass is 475 g/mol. The molecule has 0 aliphatic heterocycles. The zero-order valence-electron chi connectivity index (χ0n) is 17.1. The Morgan fingerprint density at radius 3 is 2.59 bits per heavy atom. The molecule has 3 N–H and O–H groups in total. The number of nitrogens with zero attached hydrogens (tertiary/aromatic N) is 2. The molecule has 0 saturated carbocycles. The fourth-order valence-corrected chi connectivity index (χ4v) is 3.82. The van der Waals surface area contributed by atoms with E-state index in [0.717, 1.165) is 17.8 Å². The molecule has 11 heteroatoms. The van der Waals surface area contributed by atoms with Gasteiger partial charge in [0.15, 0.2) is 10.9 Å². The molecule has 0 aliphatic carbocycles. The van der Waals surface area contributed by atoms with Crippen LogP contribution in [0.5, 0.6) is 0 Å². The van der Waals surface area contributed by atoms with Crippen molar-refractivity contribution >= 4 is 46.6 Å². The summed E-state index contributed by atoms with van der Waals surface area (Å²) in [6.07, 6.45) is 0.433. The van der Waals surface area contributed by atoms with Gasteiger partial charge in [0.1, 0.15) is 5.82 Å². The first-order valence-corrected chi connectivity index (χ1v) is 10.8. The number of carbonyl (C=O) groups is 2. The minimum Gasteiger partial charge on any atom is -0.326 e. The van der Waals surface area contributed by atoms with Crippen molar-refractivity contribution in [3.8, 4) is 11.3 Å². The molecule has 0 saturated heterocycles. The molecule has 0 spiro atoms. The smallest absolute Gasteiger partial charge is 0.278 e. The predicted molar refractivity (Wildman–Crippen MR) is 122 cm³/mol. The molecule has 166 valence electrons. The molecule has 2 aromatic carbocycles. The predicted octanol–water partition coefficient (Wildman–Crippen LogP) is 4.09. The molecule has 0 bridgehead atoms. The molecule has 3 aromatic rings. The summed E-state index contributed by atoms with van der Waals surface area (Å²) in [5, 5.41) is 12.8. The molecule has 1 atom stereocenters. The number of para-hydroxylation sites is 1. The van der Waals surface area contributed by atoms with Gasteiger partial charge in [0, 0.05) is 18.2 Å². The van der Waals surface area contributed by atoms with Crippen LogP contribution in [-0.2, 0) is 9.59 Å². The second-order valence-corrected chi connectivity index (χ2v) is 8.27. The van der Waals surface area contributed by atoms with Crippen molar-refractivity contribution in [2.24, 2.45) is 0 Å². The van der Waals surface area contributed by atoms with E-state index in [1.165, 1.54) is 19.1 Å². The second-order valence-electron chi connectivity index (χ2n) is 6.67. The Hall–Kier alpha value is -3.24. The van der Waals surface area contributed by atoms with E-state index in [1.807, 2.05) is 0 Å². The van der Waals surface area contributed by atoms with E-state index in [1.54, 1.807) is 31.2 Å². The molecule has 1 heterocycles. The number of halogens is 2. The zero-order valence-corrected chi connectivity index (χ0v) is 18.7. The summed E-state index contributed by atoms with van der Waals surface area (Å²) in [5.41, 5.74) is 0.734. The molecular weight excluding hydrogens is 457 g/mol. The van der Waals surface area contributed by atoms with Gasteiger partial charge in [-0.25, -0.2) is 4.39 Å². The Morgan fingerprint density at radius 1 is 1.19 bits per heavy atom. The van der Waals surface area contributed by atoms with Crippen LogP contribution in [0.2, 0.25) is 5.02 Å². The minimum atomic E-state index is -0.596. The number of rotatable bonds is 7. The molecule has 0 unspecified atom stereocenters. The lowest BCUT2D eigenvalue weighted by molar-refractivity contribution is -0.116. The first kappa shape index (κ1) is 23.4. The van der Waals surface area contributed by atoms with Crippen LogP contribution in [0.25, 0.3) is 11.3 Å².